The molecule has 1 atom stereocenters. The Kier molecular flexibility index (Phi) is 5.32. The van der Waals surface area contributed by atoms with Gasteiger partial charge in [0, 0.05) is 11.0 Å². The van der Waals surface area contributed by atoms with Crippen LogP contribution in [0, 0.1) is 5.92 Å². The summed E-state index contributed by atoms with van der Waals surface area (Å²) < 4.78 is 1.15. The molecule has 44 valence electrons. The molecule has 0 aliphatic heterocycles. The van der Waals surface area contributed by atoms with Gasteiger partial charge in [-0.05, 0) is 12.3 Å². The first kappa shape index (κ1) is 7.69. The molecule has 0 aromatic heterocycles. The maximum absolute atomic E-state index is 8.36. The van der Waals surface area contributed by atoms with Crippen molar-refractivity contribution in [3.63, 3.8) is 0 Å². The van der Waals surface area contributed by atoms with Crippen molar-refractivity contribution in [3.05, 3.63) is 0 Å². The smallest absolute Gasteiger partial charge is 0.0433 e. The zero-order valence-electron chi connectivity index (χ0n) is 4.52. The van der Waals surface area contributed by atoms with Crippen LogP contribution >= 0.6 is 22.6 Å². The number of aliphatic hydroxyl groups excluding tert-OH is 1. The third-order valence-electron chi connectivity index (χ3n) is 0.885. The summed E-state index contributed by atoms with van der Waals surface area (Å²) in [6.45, 7) is 2.48. The molecular weight excluding hydrogens is 203 g/mol. The lowest BCUT2D eigenvalue weighted by Gasteiger charge is -2.00. The van der Waals surface area contributed by atoms with Crippen molar-refractivity contribution in [3.8, 4) is 0 Å². The Hall–Kier alpha value is 0.690. The van der Waals surface area contributed by atoms with Crippen LogP contribution in [0.3, 0.4) is 0 Å². The van der Waals surface area contributed by atoms with Crippen molar-refractivity contribution in [1.82, 2.24) is 0 Å². The van der Waals surface area contributed by atoms with Gasteiger partial charge in [-0.3, -0.25) is 0 Å². The standard InChI is InChI=1S/C5H11IO/c1-5(4-6)2-3-7/h5,7H,2-4H2,1H3/t5-/m0/s1. The van der Waals surface area contributed by atoms with Gasteiger partial charge in [-0.25, -0.2) is 0 Å². The quantitative estimate of drug-likeness (QED) is 0.556. The Morgan fingerprint density at radius 3 is 2.43 bits per heavy atom. The third kappa shape index (κ3) is 4.55. The predicted octanol–water partition coefficient (Wildman–Crippen LogP) is 1.44. The van der Waals surface area contributed by atoms with Crippen molar-refractivity contribution >= 4 is 22.6 Å². The molecule has 0 aromatic carbocycles. The van der Waals surface area contributed by atoms with E-state index in [-0.39, 0.29) is 0 Å². The molecular formula is C5H11IO. The van der Waals surface area contributed by atoms with Crippen LogP contribution in [0.5, 0.6) is 0 Å². The van der Waals surface area contributed by atoms with E-state index in [4.69, 9.17) is 5.11 Å². The number of aliphatic hydroxyl groups is 1. The maximum atomic E-state index is 8.36. The van der Waals surface area contributed by atoms with Crippen LogP contribution in [0.2, 0.25) is 0 Å². The van der Waals surface area contributed by atoms with E-state index in [1.165, 1.54) is 0 Å². The van der Waals surface area contributed by atoms with Crippen molar-refractivity contribution in [2.24, 2.45) is 5.92 Å². The predicted molar refractivity (Wildman–Crippen MR) is 39.8 cm³/mol. The van der Waals surface area contributed by atoms with Gasteiger partial charge in [-0.1, -0.05) is 29.5 Å². The Balaban J connectivity index is 2.83. The van der Waals surface area contributed by atoms with Crippen LogP contribution in [0.4, 0.5) is 0 Å². The van der Waals surface area contributed by atoms with Gasteiger partial charge in [0.05, 0.1) is 0 Å². The van der Waals surface area contributed by atoms with E-state index in [9.17, 15) is 0 Å². The maximum Gasteiger partial charge on any atom is 0.0433 e. The molecule has 0 bridgehead atoms. The van der Waals surface area contributed by atoms with Crippen molar-refractivity contribution < 1.29 is 5.11 Å². The molecule has 0 amide bonds. The van der Waals surface area contributed by atoms with Crippen molar-refractivity contribution in [1.29, 1.82) is 0 Å². The van der Waals surface area contributed by atoms with Gasteiger partial charge in [0.1, 0.15) is 0 Å². The van der Waals surface area contributed by atoms with Gasteiger partial charge >= 0.3 is 0 Å². The average molecular weight is 214 g/mol. The van der Waals surface area contributed by atoms with E-state index < -0.39 is 0 Å². The summed E-state index contributed by atoms with van der Waals surface area (Å²) >= 11 is 2.33. The summed E-state index contributed by atoms with van der Waals surface area (Å²) in [5, 5.41) is 8.36. The lowest BCUT2D eigenvalue weighted by atomic mass is 10.1. The van der Waals surface area contributed by atoms with Crippen LogP contribution in [0.15, 0.2) is 0 Å². The van der Waals surface area contributed by atoms with Crippen LogP contribution in [0.1, 0.15) is 13.3 Å². The van der Waals surface area contributed by atoms with Gasteiger partial charge in [-0.2, -0.15) is 0 Å². The minimum Gasteiger partial charge on any atom is -0.396 e. The summed E-state index contributed by atoms with van der Waals surface area (Å²) in [5.41, 5.74) is 0. The normalized spacial score (nSPS) is 14.1. The van der Waals surface area contributed by atoms with E-state index in [2.05, 4.69) is 29.5 Å². The van der Waals surface area contributed by atoms with Gasteiger partial charge < -0.3 is 5.11 Å². The molecule has 0 aliphatic carbocycles. The topological polar surface area (TPSA) is 20.2 Å². The Bertz CT molecular complexity index is 39.1. The zero-order valence-corrected chi connectivity index (χ0v) is 6.68. The first-order chi connectivity index (χ1) is 3.31. The molecule has 0 heterocycles. The molecule has 2 heteroatoms. The van der Waals surface area contributed by atoms with Gasteiger partial charge in [0.15, 0.2) is 0 Å². The molecule has 0 saturated heterocycles. The van der Waals surface area contributed by atoms with Crippen LogP contribution < -0.4 is 0 Å². The van der Waals surface area contributed by atoms with E-state index in [1.807, 2.05) is 0 Å². The Morgan fingerprint density at radius 2 is 2.29 bits per heavy atom. The lowest BCUT2D eigenvalue weighted by molar-refractivity contribution is 0.269. The fourth-order valence-electron chi connectivity index (χ4n) is 0.298. The molecule has 0 saturated carbocycles. The van der Waals surface area contributed by atoms with E-state index in [0.29, 0.717) is 12.5 Å². The summed E-state index contributed by atoms with van der Waals surface area (Å²) in [5.74, 6) is 0.686. The SMILES string of the molecule is C[C@H](CI)CCO. The van der Waals surface area contributed by atoms with Crippen LogP contribution in [0.25, 0.3) is 0 Å². The number of alkyl halides is 1. The fraction of sp³-hybridized carbons (Fsp3) is 1.00. The Labute approximate surface area is 58.3 Å². The minimum atomic E-state index is 0.337. The molecule has 0 spiro atoms. The number of rotatable bonds is 3. The fourth-order valence-corrected chi connectivity index (χ4v) is 0.738. The van der Waals surface area contributed by atoms with Gasteiger partial charge in [-0.15, -0.1) is 0 Å². The number of hydrogen-bond acceptors (Lipinski definition) is 1. The Morgan fingerprint density at radius 1 is 1.71 bits per heavy atom. The molecule has 0 rings (SSSR count). The van der Waals surface area contributed by atoms with Crippen molar-refractivity contribution in [2.75, 3.05) is 11.0 Å². The number of halogens is 1. The lowest BCUT2D eigenvalue weighted by Crippen LogP contribution is -1.97. The molecule has 1 nitrogen and oxygen atoms in total. The van der Waals surface area contributed by atoms with Gasteiger partial charge in [0.2, 0.25) is 0 Å². The van der Waals surface area contributed by atoms with E-state index >= 15 is 0 Å². The minimum absolute atomic E-state index is 0.337. The molecule has 0 radical (unpaired) electrons. The molecule has 0 aliphatic rings. The summed E-state index contributed by atoms with van der Waals surface area (Å²) in [4.78, 5) is 0. The molecule has 1 N–H and O–H groups in total. The monoisotopic (exact) mass is 214 g/mol. The largest absolute Gasteiger partial charge is 0.396 e. The first-order valence-electron chi connectivity index (χ1n) is 2.48. The van der Waals surface area contributed by atoms with E-state index in [1.54, 1.807) is 0 Å². The zero-order chi connectivity index (χ0) is 5.70. The second-order valence-electron chi connectivity index (χ2n) is 1.77. The average Bonchev–Trinajstić information content (AvgIpc) is 1.68. The third-order valence-corrected chi connectivity index (χ3v) is 2.39. The highest BCUT2D eigenvalue weighted by atomic mass is 127. The highest BCUT2D eigenvalue weighted by molar-refractivity contribution is 14.1. The highest BCUT2D eigenvalue weighted by Gasteiger charge is 1.94. The van der Waals surface area contributed by atoms with Gasteiger partial charge in [0.25, 0.3) is 0 Å². The van der Waals surface area contributed by atoms with Crippen LogP contribution in [-0.4, -0.2) is 16.1 Å². The second kappa shape index (κ2) is 4.84. The molecule has 0 fully saturated rings. The molecule has 0 aromatic rings. The summed E-state index contributed by atoms with van der Waals surface area (Å²) in [7, 11) is 0. The number of hydrogen-bond donors (Lipinski definition) is 1. The molecule has 7 heavy (non-hydrogen) atoms. The van der Waals surface area contributed by atoms with Crippen molar-refractivity contribution in [2.45, 2.75) is 13.3 Å². The first-order valence-corrected chi connectivity index (χ1v) is 4.00. The molecule has 0 unspecified atom stereocenters. The highest BCUT2D eigenvalue weighted by Crippen LogP contribution is 2.03. The summed E-state index contributed by atoms with van der Waals surface area (Å²) in [6, 6.07) is 0. The van der Waals surface area contributed by atoms with E-state index in [0.717, 1.165) is 10.8 Å². The summed E-state index contributed by atoms with van der Waals surface area (Å²) in [6.07, 6.45) is 0.947. The second-order valence-corrected chi connectivity index (χ2v) is 2.65. The van der Waals surface area contributed by atoms with Crippen LogP contribution in [-0.2, 0) is 0 Å².